The molecular weight excluding hydrogens is 384 g/mol. The van der Waals surface area contributed by atoms with E-state index in [1.54, 1.807) is 0 Å². The second kappa shape index (κ2) is 25.7. The summed E-state index contributed by atoms with van der Waals surface area (Å²) in [7, 11) is 0. The van der Waals surface area contributed by atoms with Crippen LogP contribution in [-0.4, -0.2) is 22.3 Å². The summed E-state index contributed by atoms with van der Waals surface area (Å²) in [6.07, 6.45) is 30.8. The van der Waals surface area contributed by atoms with Crippen LogP contribution in [0.15, 0.2) is 0 Å². The number of aliphatic hydroxyl groups is 1. The van der Waals surface area contributed by atoms with Crippen LogP contribution in [0.25, 0.3) is 0 Å². The Hall–Kier alpha value is -0.570. The zero-order valence-corrected chi connectivity index (χ0v) is 21.1. The third kappa shape index (κ3) is 27.4. The van der Waals surface area contributed by atoms with Crippen molar-refractivity contribution in [3.63, 3.8) is 0 Å². The predicted molar refractivity (Wildman–Crippen MR) is 135 cm³/mol. The number of unbranched alkanes of at least 4 members (excludes halogenated alkanes) is 20. The molecule has 0 radical (unpaired) electrons. The van der Waals surface area contributed by atoms with Crippen LogP contribution in [0.4, 0.5) is 0 Å². The molecule has 0 spiro atoms. The van der Waals surface area contributed by atoms with Crippen molar-refractivity contribution in [2.75, 3.05) is 0 Å². The van der Waals surface area contributed by atoms with Gasteiger partial charge in [-0.2, -0.15) is 0 Å². The molecule has 1 atom stereocenters. The fraction of sp³-hybridized carbons (Fsp3) is 0.964. The lowest BCUT2D eigenvalue weighted by molar-refractivity contribution is -0.137. The maximum atomic E-state index is 10.4. The Morgan fingerprint density at radius 1 is 0.516 bits per heavy atom. The van der Waals surface area contributed by atoms with E-state index < -0.39 is 5.97 Å². The Labute approximate surface area is 194 Å². The molecular formula is C28H56O3. The van der Waals surface area contributed by atoms with Crippen LogP contribution >= 0.6 is 0 Å². The van der Waals surface area contributed by atoms with Crippen LogP contribution in [0, 0.1) is 0 Å². The molecule has 0 aromatic carbocycles. The molecule has 1 unspecified atom stereocenters. The van der Waals surface area contributed by atoms with Crippen molar-refractivity contribution in [3.05, 3.63) is 0 Å². The topological polar surface area (TPSA) is 57.5 Å². The highest BCUT2D eigenvalue weighted by Gasteiger charge is 2.04. The molecule has 186 valence electrons. The van der Waals surface area contributed by atoms with Crippen LogP contribution in [0.3, 0.4) is 0 Å². The van der Waals surface area contributed by atoms with E-state index in [2.05, 4.69) is 6.92 Å². The Balaban J connectivity index is 3.12. The van der Waals surface area contributed by atoms with Crippen LogP contribution < -0.4 is 0 Å². The van der Waals surface area contributed by atoms with Gasteiger partial charge in [0.05, 0.1) is 6.10 Å². The Kier molecular flexibility index (Phi) is 25.2. The lowest BCUT2D eigenvalue weighted by atomic mass is 10.0. The Morgan fingerprint density at radius 2 is 0.806 bits per heavy atom. The number of rotatable bonds is 26. The highest BCUT2D eigenvalue weighted by molar-refractivity contribution is 5.66. The maximum Gasteiger partial charge on any atom is 0.303 e. The molecule has 0 aliphatic rings. The molecule has 0 aliphatic carbocycles. The van der Waals surface area contributed by atoms with Crippen molar-refractivity contribution in [1.29, 1.82) is 0 Å². The van der Waals surface area contributed by atoms with Gasteiger partial charge in [0.15, 0.2) is 0 Å². The standard InChI is InChI=1S/C28H56O3/c1-2-3-4-5-6-7-8-9-10-11-12-13-14-15-16-17-18-21-24-27(29)25-22-19-20-23-26-28(30)31/h27,29H,2-26H2,1H3,(H,30,31). The minimum Gasteiger partial charge on any atom is -0.481 e. The van der Waals surface area contributed by atoms with E-state index in [1.807, 2.05) is 0 Å². The van der Waals surface area contributed by atoms with E-state index in [0.29, 0.717) is 0 Å². The fourth-order valence-electron chi connectivity index (χ4n) is 4.44. The number of hydrogen-bond donors (Lipinski definition) is 2. The molecule has 0 heterocycles. The predicted octanol–water partition coefficient (Wildman–Crippen LogP) is 9.20. The van der Waals surface area contributed by atoms with E-state index >= 15 is 0 Å². The van der Waals surface area contributed by atoms with Gasteiger partial charge in [-0.15, -0.1) is 0 Å². The van der Waals surface area contributed by atoms with Crippen molar-refractivity contribution in [2.24, 2.45) is 0 Å². The SMILES string of the molecule is CCCCCCCCCCCCCCCCCCCCC(O)CCCCCCC(=O)O. The molecule has 0 rings (SSSR count). The number of carboxylic acid groups (broad SMARTS) is 1. The summed E-state index contributed by atoms with van der Waals surface area (Å²) in [5.74, 6) is -0.700. The van der Waals surface area contributed by atoms with Gasteiger partial charge in [-0.25, -0.2) is 0 Å². The summed E-state index contributed by atoms with van der Waals surface area (Å²) in [6, 6.07) is 0. The zero-order valence-electron chi connectivity index (χ0n) is 21.1. The molecule has 0 bridgehead atoms. The van der Waals surface area contributed by atoms with Crippen LogP contribution in [0.5, 0.6) is 0 Å². The number of aliphatic hydroxyl groups excluding tert-OH is 1. The second-order valence-electron chi connectivity index (χ2n) is 9.80. The van der Waals surface area contributed by atoms with E-state index in [1.165, 1.54) is 109 Å². The Bertz CT molecular complexity index is 356. The van der Waals surface area contributed by atoms with Crippen molar-refractivity contribution >= 4 is 5.97 Å². The number of hydrogen-bond acceptors (Lipinski definition) is 2. The first-order chi connectivity index (χ1) is 15.2. The lowest BCUT2D eigenvalue weighted by Gasteiger charge is -2.10. The first-order valence-corrected chi connectivity index (χ1v) is 14.1. The minimum absolute atomic E-state index is 0.152. The smallest absolute Gasteiger partial charge is 0.303 e. The quantitative estimate of drug-likeness (QED) is 0.132. The van der Waals surface area contributed by atoms with Crippen LogP contribution in [-0.2, 0) is 4.79 Å². The van der Waals surface area contributed by atoms with E-state index in [9.17, 15) is 9.90 Å². The summed E-state index contributed by atoms with van der Waals surface area (Å²) in [5.41, 5.74) is 0. The van der Waals surface area contributed by atoms with Gasteiger partial charge in [0.2, 0.25) is 0 Å². The first-order valence-electron chi connectivity index (χ1n) is 14.1. The monoisotopic (exact) mass is 440 g/mol. The third-order valence-electron chi connectivity index (χ3n) is 6.57. The van der Waals surface area contributed by atoms with Crippen molar-refractivity contribution in [1.82, 2.24) is 0 Å². The molecule has 3 heteroatoms. The summed E-state index contributed by atoms with van der Waals surface area (Å²) < 4.78 is 0. The van der Waals surface area contributed by atoms with Crippen molar-refractivity contribution < 1.29 is 15.0 Å². The van der Waals surface area contributed by atoms with Gasteiger partial charge in [0.1, 0.15) is 0 Å². The summed E-state index contributed by atoms with van der Waals surface area (Å²) >= 11 is 0. The molecule has 0 aromatic rings. The highest BCUT2D eigenvalue weighted by atomic mass is 16.4. The average molecular weight is 441 g/mol. The summed E-state index contributed by atoms with van der Waals surface area (Å²) in [4.78, 5) is 10.4. The van der Waals surface area contributed by atoms with Gasteiger partial charge in [-0.05, 0) is 19.3 Å². The van der Waals surface area contributed by atoms with Gasteiger partial charge in [0, 0.05) is 6.42 Å². The zero-order chi connectivity index (χ0) is 22.8. The first kappa shape index (κ1) is 30.4. The average Bonchev–Trinajstić information content (AvgIpc) is 2.75. The van der Waals surface area contributed by atoms with E-state index in [0.717, 1.165) is 44.9 Å². The van der Waals surface area contributed by atoms with E-state index in [-0.39, 0.29) is 12.5 Å². The Morgan fingerprint density at radius 3 is 1.13 bits per heavy atom. The lowest BCUT2D eigenvalue weighted by Crippen LogP contribution is -2.06. The third-order valence-corrected chi connectivity index (χ3v) is 6.57. The van der Waals surface area contributed by atoms with Crippen LogP contribution in [0.2, 0.25) is 0 Å². The molecule has 0 saturated carbocycles. The number of carbonyl (C=O) groups is 1. The molecule has 0 saturated heterocycles. The molecule has 3 nitrogen and oxygen atoms in total. The molecule has 2 N–H and O–H groups in total. The van der Waals surface area contributed by atoms with Gasteiger partial charge < -0.3 is 10.2 Å². The normalized spacial score (nSPS) is 12.3. The van der Waals surface area contributed by atoms with Gasteiger partial charge in [-0.3, -0.25) is 4.79 Å². The number of carboxylic acids is 1. The van der Waals surface area contributed by atoms with Gasteiger partial charge in [-0.1, -0.05) is 142 Å². The molecule has 0 aliphatic heterocycles. The minimum atomic E-state index is -0.700. The maximum absolute atomic E-state index is 10.4. The van der Waals surface area contributed by atoms with Crippen molar-refractivity contribution in [3.8, 4) is 0 Å². The van der Waals surface area contributed by atoms with Gasteiger partial charge in [0.25, 0.3) is 0 Å². The van der Waals surface area contributed by atoms with E-state index in [4.69, 9.17) is 5.11 Å². The fourth-order valence-corrected chi connectivity index (χ4v) is 4.44. The molecule has 0 aromatic heterocycles. The largest absolute Gasteiger partial charge is 0.481 e. The molecule has 0 fully saturated rings. The molecule has 0 amide bonds. The van der Waals surface area contributed by atoms with Gasteiger partial charge >= 0.3 is 5.97 Å². The summed E-state index contributed by atoms with van der Waals surface area (Å²) in [5, 5.41) is 18.6. The van der Waals surface area contributed by atoms with Crippen LogP contribution in [0.1, 0.15) is 167 Å². The summed E-state index contributed by atoms with van der Waals surface area (Å²) in [6.45, 7) is 2.29. The highest BCUT2D eigenvalue weighted by Crippen LogP contribution is 2.16. The number of aliphatic carboxylic acids is 1. The molecule has 31 heavy (non-hydrogen) atoms. The second-order valence-corrected chi connectivity index (χ2v) is 9.80. The van der Waals surface area contributed by atoms with Crippen molar-refractivity contribution in [2.45, 2.75) is 174 Å².